The first-order valence-corrected chi connectivity index (χ1v) is 8.57. The number of aromatic carboxylic acids is 1. The van der Waals surface area contributed by atoms with Crippen molar-refractivity contribution in [3.05, 3.63) is 45.9 Å². The van der Waals surface area contributed by atoms with Gasteiger partial charge in [-0.05, 0) is 37.6 Å². The summed E-state index contributed by atoms with van der Waals surface area (Å²) < 4.78 is 5.74. The first kappa shape index (κ1) is 16.4. The second-order valence-corrected chi connectivity index (χ2v) is 6.67. The van der Waals surface area contributed by atoms with Crippen molar-refractivity contribution in [2.24, 2.45) is 0 Å². The summed E-state index contributed by atoms with van der Waals surface area (Å²) in [5, 5.41) is 8.86. The molecule has 1 aromatic heterocycles. The third-order valence-corrected chi connectivity index (χ3v) is 5.01. The zero-order valence-corrected chi connectivity index (χ0v) is 14.1. The molecule has 0 saturated carbocycles. The van der Waals surface area contributed by atoms with Crippen LogP contribution in [-0.2, 0) is 11.2 Å². The molecule has 1 aliphatic rings. The summed E-state index contributed by atoms with van der Waals surface area (Å²) in [5.74, 6) is -0.209. The van der Waals surface area contributed by atoms with E-state index in [1.165, 1.54) is 12.1 Å². The molecule has 0 aliphatic carbocycles. The highest BCUT2D eigenvalue weighted by Gasteiger charge is 2.31. The Hall–Kier alpha value is -2.41. The van der Waals surface area contributed by atoms with Crippen LogP contribution in [0.15, 0.2) is 29.8 Å². The van der Waals surface area contributed by atoms with Crippen molar-refractivity contribution in [3.63, 3.8) is 0 Å². The second kappa shape index (κ2) is 7.00. The maximum Gasteiger partial charge on any atom is 0.335 e. The zero-order chi connectivity index (χ0) is 17.1. The smallest absolute Gasteiger partial charge is 0.335 e. The SMILES string of the molecule is Cc1ncsc1CCC(=O)N1CC(Oc2ccc(C(=O)O)cc2)C1. The molecule has 7 heteroatoms. The van der Waals surface area contributed by atoms with Crippen molar-refractivity contribution in [1.29, 1.82) is 0 Å². The minimum absolute atomic E-state index is 0.0326. The molecule has 24 heavy (non-hydrogen) atoms. The minimum atomic E-state index is -0.960. The largest absolute Gasteiger partial charge is 0.487 e. The molecule has 1 fully saturated rings. The Labute approximate surface area is 143 Å². The number of hydrogen-bond donors (Lipinski definition) is 1. The number of ether oxygens (including phenoxy) is 1. The van der Waals surface area contributed by atoms with Crippen LogP contribution in [0.25, 0.3) is 0 Å². The molecule has 1 aliphatic heterocycles. The van der Waals surface area contributed by atoms with Crippen LogP contribution in [0.3, 0.4) is 0 Å². The molecule has 0 spiro atoms. The van der Waals surface area contributed by atoms with E-state index in [4.69, 9.17) is 9.84 Å². The Bertz CT molecular complexity index is 735. The Morgan fingerprint density at radius 2 is 2.04 bits per heavy atom. The minimum Gasteiger partial charge on any atom is -0.487 e. The van der Waals surface area contributed by atoms with Crippen LogP contribution in [0.1, 0.15) is 27.3 Å². The van der Waals surface area contributed by atoms with E-state index in [2.05, 4.69) is 4.98 Å². The number of carbonyl (C=O) groups excluding carboxylic acids is 1. The van der Waals surface area contributed by atoms with E-state index in [9.17, 15) is 9.59 Å². The van der Waals surface area contributed by atoms with Gasteiger partial charge in [-0.25, -0.2) is 9.78 Å². The van der Waals surface area contributed by atoms with E-state index in [1.807, 2.05) is 6.92 Å². The van der Waals surface area contributed by atoms with Crippen molar-refractivity contribution >= 4 is 23.2 Å². The number of rotatable bonds is 6. The number of benzene rings is 1. The molecule has 2 aromatic rings. The van der Waals surface area contributed by atoms with E-state index in [-0.39, 0.29) is 17.6 Å². The van der Waals surface area contributed by atoms with Crippen LogP contribution < -0.4 is 4.74 Å². The summed E-state index contributed by atoms with van der Waals surface area (Å²) in [7, 11) is 0. The number of aromatic nitrogens is 1. The van der Waals surface area contributed by atoms with Crippen LogP contribution in [-0.4, -0.2) is 46.1 Å². The Balaban J connectivity index is 1.42. The van der Waals surface area contributed by atoms with Crippen LogP contribution >= 0.6 is 11.3 Å². The topological polar surface area (TPSA) is 79.7 Å². The van der Waals surface area contributed by atoms with Gasteiger partial charge in [-0.3, -0.25) is 4.79 Å². The van der Waals surface area contributed by atoms with E-state index in [0.29, 0.717) is 25.3 Å². The fraction of sp³-hybridized carbons (Fsp3) is 0.353. The summed E-state index contributed by atoms with van der Waals surface area (Å²) >= 11 is 1.59. The van der Waals surface area contributed by atoms with Crippen LogP contribution in [0.4, 0.5) is 0 Å². The number of carboxylic acid groups (broad SMARTS) is 1. The molecule has 1 saturated heterocycles. The van der Waals surface area contributed by atoms with Gasteiger partial charge in [0, 0.05) is 11.3 Å². The number of carbonyl (C=O) groups is 2. The summed E-state index contributed by atoms with van der Waals surface area (Å²) in [4.78, 5) is 30.1. The molecule has 1 aromatic carbocycles. The van der Waals surface area contributed by atoms with E-state index < -0.39 is 5.97 Å². The predicted octanol–water partition coefficient (Wildman–Crippen LogP) is 2.37. The molecule has 0 atom stereocenters. The van der Waals surface area contributed by atoms with E-state index in [0.717, 1.165) is 17.0 Å². The van der Waals surface area contributed by atoms with Crippen molar-refractivity contribution in [3.8, 4) is 5.75 Å². The van der Waals surface area contributed by atoms with Gasteiger partial charge in [0.05, 0.1) is 29.9 Å². The average molecular weight is 346 g/mol. The van der Waals surface area contributed by atoms with E-state index >= 15 is 0 Å². The number of nitrogens with zero attached hydrogens (tertiary/aromatic N) is 2. The van der Waals surface area contributed by atoms with Gasteiger partial charge in [0.15, 0.2) is 0 Å². The van der Waals surface area contributed by atoms with Gasteiger partial charge in [-0.15, -0.1) is 11.3 Å². The van der Waals surface area contributed by atoms with Crippen molar-refractivity contribution in [1.82, 2.24) is 9.88 Å². The first-order chi connectivity index (χ1) is 11.5. The van der Waals surface area contributed by atoms with Gasteiger partial charge in [0.2, 0.25) is 5.91 Å². The molecular weight excluding hydrogens is 328 g/mol. The lowest BCUT2D eigenvalue weighted by Crippen LogP contribution is -2.56. The van der Waals surface area contributed by atoms with Gasteiger partial charge in [-0.2, -0.15) is 0 Å². The van der Waals surface area contributed by atoms with Crippen molar-refractivity contribution in [2.75, 3.05) is 13.1 Å². The normalized spacial score (nSPS) is 14.3. The highest BCUT2D eigenvalue weighted by molar-refractivity contribution is 7.09. The van der Waals surface area contributed by atoms with Gasteiger partial charge in [-0.1, -0.05) is 0 Å². The fourth-order valence-corrected chi connectivity index (χ4v) is 3.31. The quantitative estimate of drug-likeness (QED) is 0.869. The molecule has 0 bridgehead atoms. The van der Waals surface area contributed by atoms with Gasteiger partial charge >= 0.3 is 5.97 Å². The molecule has 0 radical (unpaired) electrons. The Morgan fingerprint density at radius 3 is 2.62 bits per heavy atom. The number of carboxylic acids is 1. The molecule has 0 unspecified atom stereocenters. The van der Waals surface area contributed by atoms with Gasteiger partial charge in [0.1, 0.15) is 11.9 Å². The summed E-state index contributed by atoms with van der Waals surface area (Å²) in [6.45, 7) is 3.10. The standard InChI is InChI=1S/C17H18N2O4S/c1-11-15(24-10-18-11)6-7-16(20)19-8-14(9-19)23-13-4-2-12(3-5-13)17(21)22/h2-5,10,14H,6-9H2,1H3,(H,21,22). The predicted molar refractivity (Wildman–Crippen MR) is 89.6 cm³/mol. The van der Waals surface area contributed by atoms with Crippen molar-refractivity contribution < 1.29 is 19.4 Å². The second-order valence-electron chi connectivity index (χ2n) is 5.73. The monoisotopic (exact) mass is 346 g/mol. The molecule has 2 heterocycles. The van der Waals surface area contributed by atoms with Crippen LogP contribution in [0, 0.1) is 6.92 Å². The number of thiazole rings is 1. The molecule has 1 amide bonds. The molecule has 126 valence electrons. The zero-order valence-electron chi connectivity index (χ0n) is 13.3. The van der Waals surface area contributed by atoms with Crippen molar-refractivity contribution in [2.45, 2.75) is 25.9 Å². The summed E-state index contributed by atoms with van der Waals surface area (Å²) in [6, 6.07) is 6.30. The number of amides is 1. The Morgan fingerprint density at radius 1 is 1.33 bits per heavy atom. The van der Waals surface area contributed by atoms with E-state index in [1.54, 1.807) is 33.9 Å². The highest BCUT2D eigenvalue weighted by atomic mass is 32.1. The maximum absolute atomic E-state index is 12.1. The number of hydrogen-bond acceptors (Lipinski definition) is 5. The molecule has 3 rings (SSSR count). The lowest BCUT2D eigenvalue weighted by Gasteiger charge is -2.39. The average Bonchev–Trinajstić information content (AvgIpc) is 2.93. The number of aryl methyl sites for hydroxylation is 2. The summed E-state index contributed by atoms with van der Waals surface area (Å²) in [6.07, 6.45) is 1.19. The fourth-order valence-electron chi connectivity index (χ4n) is 2.53. The molecule has 6 nitrogen and oxygen atoms in total. The third kappa shape index (κ3) is 3.73. The number of likely N-dealkylation sites (tertiary alicyclic amines) is 1. The lowest BCUT2D eigenvalue weighted by molar-refractivity contribution is -0.139. The van der Waals surface area contributed by atoms with Gasteiger partial charge < -0.3 is 14.7 Å². The third-order valence-electron chi connectivity index (χ3n) is 4.02. The molecule has 1 N–H and O–H groups in total. The molecular formula is C17H18N2O4S. The van der Waals surface area contributed by atoms with Gasteiger partial charge in [0.25, 0.3) is 0 Å². The summed E-state index contributed by atoms with van der Waals surface area (Å²) in [5.41, 5.74) is 3.03. The maximum atomic E-state index is 12.1. The Kier molecular flexibility index (Phi) is 4.80. The highest BCUT2D eigenvalue weighted by Crippen LogP contribution is 2.21. The van der Waals surface area contributed by atoms with Crippen LogP contribution in [0.2, 0.25) is 0 Å². The lowest BCUT2D eigenvalue weighted by atomic mass is 10.1. The first-order valence-electron chi connectivity index (χ1n) is 7.69. The van der Waals surface area contributed by atoms with Crippen LogP contribution in [0.5, 0.6) is 5.75 Å².